The molecule has 13 heavy (non-hydrogen) atoms. The van der Waals surface area contributed by atoms with Crippen molar-refractivity contribution in [3.8, 4) is 0 Å². The molecule has 1 atom stereocenters. The molecular weight excluding hydrogens is 164 g/mol. The lowest BCUT2D eigenvalue weighted by atomic mass is 10.1. The highest BCUT2D eigenvalue weighted by Crippen LogP contribution is 2.21. The Bertz CT molecular complexity index is 297. The molecule has 0 bridgehead atoms. The first kappa shape index (κ1) is 9.51. The molecule has 0 fully saturated rings. The van der Waals surface area contributed by atoms with Gasteiger partial charge in [-0.25, -0.2) is 0 Å². The zero-order valence-electron chi connectivity index (χ0n) is 7.94. The van der Waals surface area contributed by atoms with Gasteiger partial charge in [-0.1, -0.05) is 6.58 Å². The van der Waals surface area contributed by atoms with Crippen molar-refractivity contribution in [2.75, 3.05) is 12.8 Å². The molecule has 0 saturated carbocycles. The fourth-order valence-electron chi connectivity index (χ4n) is 1.08. The first-order valence-electron chi connectivity index (χ1n) is 4.08. The summed E-state index contributed by atoms with van der Waals surface area (Å²) in [7, 11) is 1.94. The van der Waals surface area contributed by atoms with Gasteiger partial charge in [0.1, 0.15) is 0 Å². The van der Waals surface area contributed by atoms with E-state index in [0.717, 1.165) is 5.56 Å². The van der Waals surface area contributed by atoms with Gasteiger partial charge in [0.25, 0.3) is 0 Å². The number of rotatable bonds is 3. The third kappa shape index (κ3) is 1.96. The van der Waals surface area contributed by atoms with E-state index in [-0.39, 0.29) is 6.04 Å². The number of hydrogen-bond donors (Lipinski definition) is 1. The van der Waals surface area contributed by atoms with Crippen molar-refractivity contribution in [3.05, 3.63) is 30.6 Å². The summed E-state index contributed by atoms with van der Waals surface area (Å²) in [5, 5.41) is 7.48. The lowest BCUT2D eigenvalue weighted by Crippen LogP contribution is -2.17. The van der Waals surface area contributed by atoms with Gasteiger partial charge in [0, 0.05) is 12.6 Å². The van der Waals surface area contributed by atoms with Crippen LogP contribution in [0.4, 0.5) is 5.82 Å². The van der Waals surface area contributed by atoms with Crippen molar-refractivity contribution in [1.82, 2.24) is 15.1 Å². The quantitative estimate of drug-likeness (QED) is 0.755. The van der Waals surface area contributed by atoms with Gasteiger partial charge in [-0.3, -0.25) is 0 Å². The van der Waals surface area contributed by atoms with Crippen LogP contribution in [0.15, 0.2) is 25.0 Å². The Hall–Kier alpha value is -1.58. The molecule has 0 radical (unpaired) electrons. The Labute approximate surface area is 78.1 Å². The van der Waals surface area contributed by atoms with E-state index in [9.17, 15) is 0 Å². The number of anilines is 1. The molecule has 70 valence electrons. The number of aromatic nitrogens is 2. The Morgan fingerprint density at radius 1 is 1.69 bits per heavy atom. The summed E-state index contributed by atoms with van der Waals surface area (Å²) in [5.74, 6) is 0.476. The van der Waals surface area contributed by atoms with Crippen molar-refractivity contribution < 1.29 is 0 Å². The van der Waals surface area contributed by atoms with Gasteiger partial charge < -0.3 is 10.6 Å². The van der Waals surface area contributed by atoms with E-state index in [1.807, 2.05) is 24.9 Å². The third-order valence-corrected chi connectivity index (χ3v) is 2.13. The molecule has 1 aromatic rings. The van der Waals surface area contributed by atoms with E-state index < -0.39 is 0 Å². The SMILES string of the molecule is C=CN(C)C(C)c1ccnnc1N. The standard InChI is InChI=1S/C9H14N4/c1-4-13(3)7(2)8-5-6-11-12-9(8)10/h4-7H,1H2,2-3H3,(H2,10,12). The molecule has 2 N–H and O–H groups in total. The summed E-state index contributed by atoms with van der Waals surface area (Å²) in [6.07, 6.45) is 3.39. The average molecular weight is 178 g/mol. The van der Waals surface area contributed by atoms with E-state index in [1.165, 1.54) is 0 Å². The van der Waals surface area contributed by atoms with E-state index >= 15 is 0 Å². The van der Waals surface area contributed by atoms with Gasteiger partial charge in [0.05, 0.1) is 12.2 Å². The maximum Gasteiger partial charge on any atom is 0.151 e. The third-order valence-electron chi connectivity index (χ3n) is 2.13. The van der Waals surface area contributed by atoms with E-state index in [1.54, 1.807) is 12.4 Å². The second kappa shape index (κ2) is 3.89. The molecule has 1 aromatic heterocycles. The van der Waals surface area contributed by atoms with Crippen molar-refractivity contribution in [2.45, 2.75) is 13.0 Å². The topological polar surface area (TPSA) is 55.0 Å². The molecule has 4 heteroatoms. The first-order valence-corrected chi connectivity index (χ1v) is 4.08. The molecule has 0 saturated heterocycles. The molecule has 1 heterocycles. The summed E-state index contributed by atoms with van der Waals surface area (Å²) in [6.45, 7) is 5.72. The van der Waals surface area contributed by atoms with Crippen LogP contribution in [0, 0.1) is 0 Å². The molecule has 0 aliphatic heterocycles. The van der Waals surface area contributed by atoms with Crippen LogP contribution in [0.5, 0.6) is 0 Å². The lowest BCUT2D eigenvalue weighted by Gasteiger charge is -2.23. The summed E-state index contributed by atoms with van der Waals surface area (Å²) in [6, 6.07) is 2.04. The number of hydrogen-bond acceptors (Lipinski definition) is 4. The van der Waals surface area contributed by atoms with E-state index in [2.05, 4.69) is 16.8 Å². The number of nitrogen functional groups attached to an aromatic ring is 1. The Kier molecular flexibility index (Phi) is 2.84. The fourth-order valence-corrected chi connectivity index (χ4v) is 1.08. The number of nitrogens with two attached hydrogens (primary N) is 1. The highest BCUT2D eigenvalue weighted by atomic mass is 15.1. The molecular formula is C9H14N4. The van der Waals surface area contributed by atoms with Gasteiger partial charge >= 0.3 is 0 Å². The molecule has 0 aliphatic carbocycles. The van der Waals surface area contributed by atoms with Crippen molar-refractivity contribution in [2.24, 2.45) is 0 Å². The fraction of sp³-hybridized carbons (Fsp3) is 0.333. The summed E-state index contributed by atoms with van der Waals surface area (Å²) in [4.78, 5) is 1.97. The highest BCUT2D eigenvalue weighted by Gasteiger charge is 2.11. The van der Waals surface area contributed by atoms with Crippen LogP contribution in [-0.4, -0.2) is 22.1 Å². The summed E-state index contributed by atoms with van der Waals surface area (Å²) < 4.78 is 0. The van der Waals surface area contributed by atoms with Crippen LogP contribution < -0.4 is 5.73 Å². The first-order chi connectivity index (χ1) is 6.16. The smallest absolute Gasteiger partial charge is 0.151 e. The van der Waals surface area contributed by atoms with Crippen molar-refractivity contribution in [3.63, 3.8) is 0 Å². The van der Waals surface area contributed by atoms with Crippen LogP contribution in [0.2, 0.25) is 0 Å². The molecule has 1 unspecified atom stereocenters. The minimum Gasteiger partial charge on any atom is -0.382 e. The van der Waals surface area contributed by atoms with Crippen LogP contribution in [-0.2, 0) is 0 Å². The predicted molar refractivity (Wildman–Crippen MR) is 52.8 cm³/mol. The summed E-state index contributed by atoms with van der Waals surface area (Å²) >= 11 is 0. The largest absolute Gasteiger partial charge is 0.382 e. The van der Waals surface area contributed by atoms with Gasteiger partial charge in [-0.2, -0.15) is 5.10 Å². The van der Waals surface area contributed by atoms with Gasteiger partial charge in [0.2, 0.25) is 0 Å². The van der Waals surface area contributed by atoms with Crippen LogP contribution in [0.1, 0.15) is 18.5 Å². The minimum atomic E-state index is 0.174. The minimum absolute atomic E-state index is 0.174. The molecule has 0 aromatic carbocycles. The number of nitrogens with zero attached hydrogens (tertiary/aromatic N) is 3. The second-order valence-electron chi connectivity index (χ2n) is 2.90. The zero-order valence-corrected chi connectivity index (χ0v) is 7.94. The lowest BCUT2D eigenvalue weighted by molar-refractivity contribution is 0.362. The van der Waals surface area contributed by atoms with Crippen molar-refractivity contribution in [1.29, 1.82) is 0 Å². The van der Waals surface area contributed by atoms with Gasteiger partial charge in [-0.15, -0.1) is 5.10 Å². The highest BCUT2D eigenvalue weighted by molar-refractivity contribution is 5.39. The maximum atomic E-state index is 5.68. The normalized spacial score (nSPS) is 12.2. The van der Waals surface area contributed by atoms with E-state index in [4.69, 9.17) is 5.73 Å². The molecule has 4 nitrogen and oxygen atoms in total. The Morgan fingerprint density at radius 2 is 2.38 bits per heavy atom. The Morgan fingerprint density at radius 3 is 2.92 bits per heavy atom. The molecule has 0 spiro atoms. The van der Waals surface area contributed by atoms with Gasteiger partial charge in [0.15, 0.2) is 5.82 Å². The zero-order chi connectivity index (χ0) is 9.84. The molecule has 0 amide bonds. The van der Waals surface area contributed by atoms with Crippen LogP contribution in [0.25, 0.3) is 0 Å². The van der Waals surface area contributed by atoms with Crippen LogP contribution in [0.3, 0.4) is 0 Å². The predicted octanol–water partition coefficient (Wildman–Crippen LogP) is 1.20. The van der Waals surface area contributed by atoms with Crippen LogP contribution >= 0.6 is 0 Å². The second-order valence-corrected chi connectivity index (χ2v) is 2.90. The molecule has 0 aliphatic rings. The summed E-state index contributed by atoms with van der Waals surface area (Å²) in [5.41, 5.74) is 6.65. The molecule has 1 rings (SSSR count). The monoisotopic (exact) mass is 178 g/mol. The maximum absolute atomic E-state index is 5.68. The van der Waals surface area contributed by atoms with Crippen molar-refractivity contribution >= 4 is 5.82 Å². The van der Waals surface area contributed by atoms with Gasteiger partial charge in [-0.05, 0) is 19.2 Å². The average Bonchev–Trinajstić information content (AvgIpc) is 2.16. The van der Waals surface area contributed by atoms with E-state index in [0.29, 0.717) is 5.82 Å². The Balaban J connectivity index is 2.94.